The molecule has 1 unspecified atom stereocenters. The number of benzene rings is 2. The van der Waals surface area contributed by atoms with Crippen LogP contribution < -0.4 is 10.2 Å². The van der Waals surface area contributed by atoms with Gasteiger partial charge in [-0.2, -0.15) is 0 Å². The fourth-order valence-corrected chi connectivity index (χ4v) is 3.32. The molecule has 8 heteroatoms. The molecule has 1 aliphatic heterocycles. The topological polar surface area (TPSA) is 66.5 Å². The van der Waals surface area contributed by atoms with Gasteiger partial charge >= 0.3 is 0 Å². The highest BCUT2D eigenvalue weighted by Gasteiger charge is 2.43. The molecule has 3 rings (SSSR count). The van der Waals surface area contributed by atoms with Crippen LogP contribution in [-0.2, 0) is 20.8 Å². The second kappa shape index (κ2) is 8.71. The van der Waals surface area contributed by atoms with Gasteiger partial charge in [0.2, 0.25) is 11.7 Å². The van der Waals surface area contributed by atoms with Crippen LogP contribution in [0.15, 0.2) is 42.5 Å². The first-order chi connectivity index (χ1) is 13.4. The van der Waals surface area contributed by atoms with Gasteiger partial charge in [-0.15, -0.1) is 0 Å². The zero-order valence-electron chi connectivity index (χ0n) is 14.8. The lowest BCUT2D eigenvalue weighted by atomic mass is 10.1. The number of rotatable bonds is 6. The molecule has 1 saturated heterocycles. The van der Waals surface area contributed by atoms with E-state index in [2.05, 4.69) is 5.32 Å². The summed E-state index contributed by atoms with van der Waals surface area (Å²) in [5.74, 6) is -3.52. The number of hydrogen-bond donors (Lipinski definition) is 1. The fraction of sp³-hybridized carbons (Fsp3) is 0.250. The number of carbonyl (C=O) groups excluding carboxylic acids is 3. The van der Waals surface area contributed by atoms with E-state index in [-0.39, 0.29) is 6.54 Å². The lowest BCUT2D eigenvalue weighted by Gasteiger charge is -2.15. The Hall–Kier alpha value is -2.44. The first-order valence-electron chi connectivity index (χ1n) is 8.69. The normalized spacial score (nSPS) is 16.5. The van der Waals surface area contributed by atoms with E-state index in [9.17, 15) is 18.8 Å². The minimum Gasteiger partial charge on any atom is -0.355 e. The number of nitrogens with zero attached hydrogens (tertiary/aromatic N) is 1. The Morgan fingerprint density at radius 1 is 1.11 bits per heavy atom. The number of amides is 2. The van der Waals surface area contributed by atoms with E-state index in [1.54, 1.807) is 12.1 Å². The number of ketones is 1. The summed E-state index contributed by atoms with van der Waals surface area (Å²) in [4.78, 5) is 37.9. The van der Waals surface area contributed by atoms with Crippen molar-refractivity contribution in [2.45, 2.75) is 12.8 Å². The Labute approximate surface area is 171 Å². The Kier molecular flexibility index (Phi) is 6.31. The Morgan fingerprint density at radius 3 is 2.50 bits per heavy atom. The van der Waals surface area contributed by atoms with Gasteiger partial charge in [-0.3, -0.25) is 14.4 Å². The third kappa shape index (κ3) is 4.51. The number of halogens is 3. The minimum atomic E-state index is -1.07. The van der Waals surface area contributed by atoms with E-state index >= 15 is 0 Å². The van der Waals surface area contributed by atoms with Gasteiger partial charge in [0, 0.05) is 18.8 Å². The van der Waals surface area contributed by atoms with E-state index in [0.717, 1.165) is 5.56 Å². The molecule has 0 aromatic heterocycles. The average Bonchev–Trinajstić information content (AvgIpc) is 2.97. The molecule has 0 aliphatic carbocycles. The standard InChI is InChI=1S/C20H17Cl2FN2O3/c21-16-8-3-12(10-17(16)22)2-1-9-24-19(27)15-11-25(20(28)18(15)26)14-6-4-13(23)5-7-14/h3-8,10,15H,1-2,9,11H2,(H,24,27). The summed E-state index contributed by atoms with van der Waals surface area (Å²) in [5, 5.41) is 3.65. The van der Waals surface area contributed by atoms with Crippen molar-refractivity contribution in [3.8, 4) is 0 Å². The molecule has 2 aromatic rings. The predicted molar refractivity (Wildman–Crippen MR) is 105 cm³/mol. The molecule has 1 N–H and O–H groups in total. The highest BCUT2D eigenvalue weighted by molar-refractivity contribution is 6.47. The summed E-state index contributed by atoms with van der Waals surface area (Å²) in [5.41, 5.74) is 1.37. The number of anilines is 1. The van der Waals surface area contributed by atoms with Gasteiger partial charge < -0.3 is 10.2 Å². The van der Waals surface area contributed by atoms with Crippen LogP contribution in [0, 0.1) is 11.7 Å². The van der Waals surface area contributed by atoms with Crippen LogP contribution in [0.5, 0.6) is 0 Å². The second-order valence-electron chi connectivity index (χ2n) is 6.45. The van der Waals surface area contributed by atoms with Crippen molar-refractivity contribution in [2.24, 2.45) is 5.92 Å². The average molecular weight is 423 g/mol. The lowest BCUT2D eigenvalue weighted by Crippen LogP contribution is -2.36. The van der Waals surface area contributed by atoms with Gasteiger partial charge in [0.05, 0.1) is 10.0 Å². The van der Waals surface area contributed by atoms with Gasteiger partial charge in [-0.05, 0) is 54.8 Å². The maximum absolute atomic E-state index is 13.0. The van der Waals surface area contributed by atoms with Crippen molar-refractivity contribution in [3.63, 3.8) is 0 Å². The van der Waals surface area contributed by atoms with Crippen molar-refractivity contribution in [3.05, 3.63) is 63.9 Å². The van der Waals surface area contributed by atoms with Gasteiger partial charge in [-0.25, -0.2) is 4.39 Å². The van der Waals surface area contributed by atoms with Crippen molar-refractivity contribution < 1.29 is 18.8 Å². The van der Waals surface area contributed by atoms with Crippen LogP contribution in [0.25, 0.3) is 0 Å². The molecule has 2 aromatic carbocycles. The van der Waals surface area contributed by atoms with Crippen LogP contribution in [-0.4, -0.2) is 30.7 Å². The third-order valence-corrected chi connectivity index (χ3v) is 5.26. The summed E-state index contributed by atoms with van der Waals surface area (Å²) in [6.07, 6.45) is 1.32. The molecule has 5 nitrogen and oxygen atoms in total. The maximum atomic E-state index is 13.0. The van der Waals surface area contributed by atoms with Crippen LogP contribution in [0.3, 0.4) is 0 Å². The van der Waals surface area contributed by atoms with Crippen LogP contribution in [0.1, 0.15) is 12.0 Å². The van der Waals surface area contributed by atoms with Crippen molar-refractivity contribution in [1.82, 2.24) is 5.32 Å². The molecule has 28 heavy (non-hydrogen) atoms. The molecular formula is C20H17Cl2FN2O3. The highest BCUT2D eigenvalue weighted by atomic mass is 35.5. The van der Waals surface area contributed by atoms with E-state index in [0.29, 0.717) is 35.1 Å². The van der Waals surface area contributed by atoms with E-state index in [1.165, 1.54) is 29.2 Å². The molecule has 146 valence electrons. The lowest BCUT2D eigenvalue weighted by molar-refractivity contribution is -0.139. The van der Waals surface area contributed by atoms with Gasteiger partial charge in [0.25, 0.3) is 5.91 Å². The first kappa shape index (κ1) is 20.3. The number of carbonyl (C=O) groups is 3. The Balaban J connectivity index is 1.52. The van der Waals surface area contributed by atoms with E-state index < -0.39 is 29.3 Å². The third-order valence-electron chi connectivity index (χ3n) is 4.52. The molecule has 0 radical (unpaired) electrons. The summed E-state index contributed by atoms with van der Waals surface area (Å²) >= 11 is 11.8. The van der Waals surface area contributed by atoms with Crippen LogP contribution >= 0.6 is 23.2 Å². The van der Waals surface area contributed by atoms with Gasteiger partial charge in [0.15, 0.2) is 0 Å². The van der Waals surface area contributed by atoms with E-state index in [4.69, 9.17) is 23.2 Å². The predicted octanol–water partition coefficient (Wildman–Crippen LogP) is 3.41. The molecule has 0 spiro atoms. The SMILES string of the molecule is O=C(NCCCc1ccc(Cl)c(Cl)c1)C1CN(c2ccc(F)cc2)C(=O)C1=O. The van der Waals surface area contributed by atoms with Gasteiger partial charge in [0.1, 0.15) is 11.7 Å². The Bertz CT molecular complexity index is 918. The quantitative estimate of drug-likeness (QED) is 0.440. The number of aryl methyl sites for hydroxylation is 1. The van der Waals surface area contributed by atoms with E-state index in [1.807, 2.05) is 6.07 Å². The van der Waals surface area contributed by atoms with Crippen LogP contribution in [0.2, 0.25) is 10.0 Å². The van der Waals surface area contributed by atoms with Crippen molar-refractivity contribution in [1.29, 1.82) is 0 Å². The molecule has 0 saturated carbocycles. The molecular weight excluding hydrogens is 406 g/mol. The van der Waals surface area contributed by atoms with Gasteiger partial charge in [-0.1, -0.05) is 29.3 Å². The fourth-order valence-electron chi connectivity index (χ4n) is 3.00. The largest absolute Gasteiger partial charge is 0.355 e. The first-order valence-corrected chi connectivity index (χ1v) is 9.45. The van der Waals surface area contributed by atoms with Crippen LogP contribution in [0.4, 0.5) is 10.1 Å². The zero-order valence-corrected chi connectivity index (χ0v) is 16.3. The molecule has 1 fully saturated rings. The summed E-state index contributed by atoms with van der Waals surface area (Å²) in [7, 11) is 0. The number of hydrogen-bond acceptors (Lipinski definition) is 3. The maximum Gasteiger partial charge on any atom is 0.295 e. The summed E-state index contributed by atoms with van der Waals surface area (Å²) in [6, 6.07) is 10.5. The summed E-state index contributed by atoms with van der Waals surface area (Å²) < 4.78 is 13.0. The molecule has 1 aliphatic rings. The minimum absolute atomic E-state index is 0.0536. The monoisotopic (exact) mass is 422 g/mol. The van der Waals surface area contributed by atoms with Crippen molar-refractivity contribution in [2.75, 3.05) is 18.0 Å². The highest BCUT2D eigenvalue weighted by Crippen LogP contribution is 2.24. The summed E-state index contributed by atoms with van der Waals surface area (Å²) in [6.45, 7) is 0.301. The molecule has 1 heterocycles. The molecule has 2 amide bonds. The smallest absolute Gasteiger partial charge is 0.295 e. The molecule has 0 bridgehead atoms. The zero-order chi connectivity index (χ0) is 20.3. The molecule has 1 atom stereocenters. The van der Waals surface area contributed by atoms with Crippen molar-refractivity contribution >= 4 is 46.5 Å². The number of Topliss-reactive ketones (excluding diaryl/α,β-unsaturated/α-hetero) is 1. The number of nitrogens with one attached hydrogen (secondary N) is 1. The second-order valence-corrected chi connectivity index (χ2v) is 7.27. The Morgan fingerprint density at radius 2 is 1.82 bits per heavy atom.